The minimum atomic E-state index is -0.0299. The predicted octanol–water partition coefficient (Wildman–Crippen LogP) is 5.16. The summed E-state index contributed by atoms with van der Waals surface area (Å²) in [6, 6.07) is 14.7. The van der Waals surface area contributed by atoms with Crippen LogP contribution in [-0.2, 0) is 16.8 Å². The first-order chi connectivity index (χ1) is 15.4. The molecule has 0 bridgehead atoms. The third-order valence-corrected chi connectivity index (χ3v) is 6.83. The Morgan fingerprint density at radius 1 is 1.09 bits per heavy atom. The lowest BCUT2D eigenvalue weighted by molar-refractivity contribution is -0.118. The first-order valence-corrected chi connectivity index (χ1v) is 12.3. The summed E-state index contributed by atoms with van der Waals surface area (Å²) in [6.07, 6.45) is 6.44. The summed E-state index contributed by atoms with van der Waals surface area (Å²) in [4.78, 5) is 16.7. The van der Waals surface area contributed by atoms with E-state index in [1.54, 1.807) is 6.20 Å². The van der Waals surface area contributed by atoms with Crippen LogP contribution in [0.4, 0.5) is 0 Å². The Bertz CT molecular complexity index is 1030. The zero-order valence-corrected chi connectivity index (χ0v) is 19.9. The second-order valence-electron chi connectivity index (χ2n) is 9.33. The van der Waals surface area contributed by atoms with E-state index in [2.05, 4.69) is 70.1 Å². The predicted molar refractivity (Wildman–Crippen MR) is 128 cm³/mol. The molecule has 0 radical (unpaired) electrons. The molecule has 0 aliphatic heterocycles. The van der Waals surface area contributed by atoms with Crippen molar-refractivity contribution in [3.8, 4) is 11.4 Å². The van der Waals surface area contributed by atoms with Gasteiger partial charge >= 0.3 is 0 Å². The van der Waals surface area contributed by atoms with Gasteiger partial charge < -0.3 is 5.32 Å². The van der Waals surface area contributed by atoms with Gasteiger partial charge in [-0.15, -0.1) is 10.2 Å². The Kier molecular flexibility index (Phi) is 6.94. The van der Waals surface area contributed by atoms with E-state index >= 15 is 0 Å². The summed E-state index contributed by atoms with van der Waals surface area (Å²) in [5, 5.41) is 12.8. The normalized spacial score (nSPS) is 14.6. The number of rotatable bonds is 7. The number of aromatic nitrogens is 4. The van der Waals surface area contributed by atoms with E-state index in [-0.39, 0.29) is 11.3 Å². The molecule has 168 valence electrons. The highest BCUT2D eigenvalue weighted by Gasteiger charge is 2.25. The number of hydrogen-bond acceptors (Lipinski definition) is 5. The molecule has 0 saturated heterocycles. The van der Waals surface area contributed by atoms with Gasteiger partial charge in [0.05, 0.1) is 18.0 Å². The number of pyridine rings is 1. The van der Waals surface area contributed by atoms with E-state index in [0.717, 1.165) is 35.1 Å². The van der Waals surface area contributed by atoms with Crippen LogP contribution in [0, 0.1) is 0 Å². The molecular weight excluding hydrogens is 418 g/mol. The summed E-state index contributed by atoms with van der Waals surface area (Å²) in [5.41, 5.74) is 3.33. The van der Waals surface area contributed by atoms with Gasteiger partial charge in [0, 0.05) is 17.8 Å². The smallest absolute Gasteiger partial charge is 0.230 e. The summed E-state index contributed by atoms with van der Waals surface area (Å²) in [6.45, 7) is 7.09. The van der Waals surface area contributed by atoms with Crippen molar-refractivity contribution < 1.29 is 4.79 Å². The maximum absolute atomic E-state index is 12.4. The number of hydrogen-bond donors (Lipinski definition) is 1. The third-order valence-electron chi connectivity index (χ3n) is 5.89. The largest absolute Gasteiger partial charge is 0.350 e. The van der Waals surface area contributed by atoms with Crippen LogP contribution in [0.2, 0.25) is 0 Å². The van der Waals surface area contributed by atoms with Gasteiger partial charge in [-0.2, -0.15) is 0 Å². The zero-order chi connectivity index (χ0) is 22.6. The van der Waals surface area contributed by atoms with Crippen LogP contribution in [0.1, 0.15) is 63.8 Å². The molecule has 3 aromatic rings. The first-order valence-electron chi connectivity index (χ1n) is 11.3. The minimum absolute atomic E-state index is 0.0299. The topological polar surface area (TPSA) is 72.7 Å². The fourth-order valence-corrected chi connectivity index (χ4v) is 4.89. The molecule has 1 N–H and O–H groups in total. The summed E-state index contributed by atoms with van der Waals surface area (Å²) >= 11 is 1.46. The molecule has 2 aromatic heterocycles. The molecule has 0 atom stereocenters. The van der Waals surface area contributed by atoms with Gasteiger partial charge in [0.1, 0.15) is 0 Å². The van der Waals surface area contributed by atoms with Crippen molar-refractivity contribution in [1.82, 2.24) is 25.1 Å². The van der Waals surface area contributed by atoms with Crippen molar-refractivity contribution in [2.45, 2.75) is 69.6 Å². The SMILES string of the molecule is CC(C)(C)c1ccc(-c2nnc(SCC(=O)NCc3ccccn3)n2C2CCCC2)cc1. The number of carbonyl (C=O) groups excluding carboxylic acids is 1. The van der Waals surface area contributed by atoms with Gasteiger partial charge in [-0.3, -0.25) is 14.3 Å². The second kappa shape index (κ2) is 9.86. The van der Waals surface area contributed by atoms with Crippen molar-refractivity contribution in [3.05, 3.63) is 59.9 Å². The number of nitrogens with zero attached hydrogens (tertiary/aromatic N) is 4. The van der Waals surface area contributed by atoms with Gasteiger partial charge in [0.2, 0.25) is 5.91 Å². The molecule has 2 heterocycles. The van der Waals surface area contributed by atoms with E-state index in [1.165, 1.54) is 30.2 Å². The number of nitrogens with one attached hydrogen (secondary N) is 1. The highest BCUT2D eigenvalue weighted by atomic mass is 32.2. The van der Waals surface area contributed by atoms with Gasteiger partial charge in [-0.05, 0) is 36.0 Å². The molecule has 0 spiro atoms. The third kappa shape index (κ3) is 5.38. The summed E-state index contributed by atoms with van der Waals surface area (Å²) in [7, 11) is 0. The Hall–Kier alpha value is -2.67. The average molecular weight is 450 g/mol. The molecule has 1 aromatic carbocycles. The van der Waals surface area contributed by atoms with Gasteiger partial charge in [0.25, 0.3) is 0 Å². The Morgan fingerprint density at radius 2 is 1.84 bits per heavy atom. The fourth-order valence-electron chi connectivity index (χ4n) is 4.06. The lowest BCUT2D eigenvalue weighted by Gasteiger charge is -2.20. The molecule has 6 nitrogen and oxygen atoms in total. The van der Waals surface area contributed by atoms with E-state index in [9.17, 15) is 4.79 Å². The quantitative estimate of drug-likeness (QED) is 0.504. The lowest BCUT2D eigenvalue weighted by atomic mass is 9.86. The van der Waals surface area contributed by atoms with E-state index < -0.39 is 0 Å². The van der Waals surface area contributed by atoms with Crippen LogP contribution in [-0.4, -0.2) is 31.4 Å². The van der Waals surface area contributed by atoms with E-state index in [1.807, 2.05) is 18.2 Å². The van der Waals surface area contributed by atoms with Crippen molar-refractivity contribution in [3.63, 3.8) is 0 Å². The molecule has 4 rings (SSSR count). The lowest BCUT2D eigenvalue weighted by Crippen LogP contribution is -2.25. The molecule has 1 aliphatic rings. The van der Waals surface area contributed by atoms with E-state index in [4.69, 9.17) is 0 Å². The van der Waals surface area contributed by atoms with Crippen LogP contribution >= 0.6 is 11.8 Å². The number of amides is 1. The summed E-state index contributed by atoms with van der Waals surface area (Å²) in [5.74, 6) is 1.17. The second-order valence-corrected chi connectivity index (χ2v) is 10.3. The number of benzene rings is 1. The van der Waals surface area contributed by atoms with Gasteiger partial charge in [0.15, 0.2) is 11.0 Å². The molecule has 0 unspecified atom stereocenters. The highest BCUT2D eigenvalue weighted by Crippen LogP contribution is 2.37. The Balaban J connectivity index is 1.49. The molecule has 1 fully saturated rings. The van der Waals surface area contributed by atoms with Gasteiger partial charge in [-0.1, -0.05) is 75.7 Å². The minimum Gasteiger partial charge on any atom is -0.350 e. The number of thioether (sulfide) groups is 1. The Labute approximate surface area is 194 Å². The van der Waals surface area contributed by atoms with Crippen LogP contribution < -0.4 is 5.32 Å². The standard InChI is InChI=1S/C25H31N5OS/c1-25(2,3)19-13-11-18(12-14-19)23-28-29-24(30(23)21-9-4-5-10-21)32-17-22(31)27-16-20-8-6-7-15-26-20/h6-8,11-15,21H,4-5,9-10,16-17H2,1-3H3,(H,27,31). The van der Waals surface area contributed by atoms with Crippen LogP contribution in [0.5, 0.6) is 0 Å². The molecule has 7 heteroatoms. The first kappa shape index (κ1) is 22.5. The van der Waals surface area contributed by atoms with E-state index in [0.29, 0.717) is 18.3 Å². The monoisotopic (exact) mass is 449 g/mol. The average Bonchev–Trinajstić information content (AvgIpc) is 3.46. The highest BCUT2D eigenvalue weighted by molar-refractivity contribution is 7.99. The number of carbonyl (C=O) groups is 1. The fraction of sp³-hybridized carbons (Fsp3) is 0.440. The van der Waals surface area contributed by atoms with Crippen LogP contribution in [0.15, 0.2) is 53.8 Å². The van der Waals surface area contributed by atoms with Crippen molar-refractivity contribution in [2.75, 3.05) is 5.75 Å². The maximum Gasteiger partial charge on any atom is 0.230 e. The molecule has 1 aliphatic carbocycles. The molecular formula is C25H31N5OS. The van der Waals surface area contributed by atoms with Gasteiger partial charge in [-0.25, -0.2) is 0 Å². The molecule has 32 heavy (non-hydrogen) atoms. The molecule has 1 saturated carbocycles. The zero-order valence-electron chi connectivity index (χ0n) is 19.0. The Morgan fingerprint density at radius 3 is 2.50 bits per heavy atom. The van der Waals surface area contributed by atoms with Crippen molar-refractivity contribution in [1.29, 1.82) is 0 Å². The van der Waals surface area contributed by atoms with Crippen LogP contribution in [0.25, 0.3) is 11.4 Å². The molecule has 1 amide bonds. The maximum atomic E-state index is 12.4. The van der Waals surface area contributed by atoms with Crippen molar-refractivity contribution >= 4 is 17.7 Å². The summed E-state index contributed by atoms with van der Waals surface area (Å²) < 4.78 is 2.26. The van der Waals surface area contributed by atoms with Crippen LogP contribution in [0.3, 0.4) is 0 Å². The van der Waals surface area contributed by atoms with Crippen molar-refractivity contribution in [2.24, 2.45) is 0 Å².